The van der Waals surface area contributed by atoms with E-state index < -0.39 is 11.8 Å². The van der Waals surface area contributed by atoms with Gasteiger partial charge in [0.2, 0.25) is 0 Å². The van der Waals surface area contributed by atoms with Gasteiger partial charge in [-0.3, -0.25) is 9.59 Å². The molecule has 2 amide bonds. The molecule has 0 aromatic heterocycles. The number of nitrogens with one attached hydrogen (secondary N) is 1. The molecule has 7 heteroatoms. The number of carbonyl (C=O) groups is 2. The molecule has 0 radical (unpaired) electrons. The molecule has 0 saturated carbocycles. The molecule has 4 rings (SSSR count). The molecular formula is C26H23ClN2O4. The van der Waals surface area contributed by atoms with E-state index in [1.54, 1.807) is 62.8 Å². The molecule has 0 spiro atoms. The number of amides is 2. The molecular weight excluding hydrogens is 440 g/mol. The summed E-state index contributed by atoms with van der Waals surface area (Å²) < 4.78 is 10.7. The molecule has 0 bridgehead atoms. The fourth-order valence-electron chi connectivity index (χ4n) is 3.75. The van der Waals surface area contributed by atoms with Gasteiger partial charge in [0, 0.05) is 28.9 Å². The summed E-state index contributed by atoms with van der Waals surface area (Å²) in [7, 11) is 3.09. The van der Waals surface area contributed by atoms with Crippen molar-refractivity contribution < 1.29 is 19.1 Å². The topological polar surface area (TPSA) is 67.9 Å². The number of aryl methyl sites for hydroxylation is 1. The number of carbonyl (C=O) groups excluding carboxylic acids is 2. The predicted octanol–water partition coefficient (Wildman–Crippen LogP) is 5.37. The Hall–Kier alpha value is -3.77. The van der Waals surface area contributed by atoms with Crippen LogP contribution < -0.4 is 19.7 Å². The molecule has 0 aliphatic carbocycles. The van der Waals surface area contributed by atoms with E-state index in [-0.39, 0.29) is 11.3 Å². The third-order valence-electron chi connectivity index (χ3n) is 5.65. The van der Waals surface area contributed by atoms with Crippen LogP contribution in [-0.4, -0.2) is 26.0 Å². The second-order valence-electron chi connectivity index (χ2n) is 7.65. The second kappa shape index (κ2) is 9.00. The summed E-state index contributed by atoms with van der Waals surface area (Å²) in [4.78, 5) is 28.5. The fourth-order valence-corrected chi connectivity index (χ4v) is 3.88. The van der Waals surface area contributed by atoms with Gasteiger partial charge in [0.1, 0.15) is 17.2 Å². The third-order valence-corrected chi connectivity index (χ3v) is 5.91. The molecule has 1 N–H and O–H groups in total. The summed E-state index contributed by atoms with van der Waals surface area (Å²) in [5.74, 6) is 0.246. The molecule has 0 atom stereocenters. The van der Waals surface area contributed by atoms with Crippen molar-refractivity contribution in [1.29, 1.82) is 0 Å². The summed E-state index contributed by atoms with van der Waals surface area (Å²) in [6.07, 6.45) is 0. The van der Waals surface area contributed by atoms with E-state index in [4.69, 9.17) is 21.1 Å². The summed E-state index contributed by atoms with van der Waals surface area (Å²) >= 11 is 6.06. The van der Waals surface area contributed by atoms with Gasteiger partial charge < -0.3 is 14.8 Å². The van der Waals surface area contributed by atoms with E-state index in [1.807, 2.05) is 26.0 Å². The Bertz CT molecular complexity index is 1260. The Kier molecular flexibility index (Phi) is 6.11. The molecule has 0 unspecified atom stereocenters. The number of rotatable bonds is 6. The van der Waals surface area contributed by atoms with E-state index in [0.717, 1.165) is 11.1 Å². The molecule has 1 aliphatic heterocycles. The van der Waals surface area contributed by atoms with Gasteiger partial charge in [-0.2, -0.15) is 0 Å². The maximum Gasteiger partial charge on any atom is 0.282 e. The normalized spacial score (nSPS) is 13.5. The van der Waals surface area contributed by atoms with Crippen LogP contribution in [0.5, 0.6) is 11.5 Å². The van der Waals surface area contributed by atoms with Crippen LogP contribution in [0.3, 0.4) is 0 Å². The zero-order chi connectivity index (χ0) is 23.7. The molecule has 0 fully saturated rings. The first kappa shape index (κ1) is 22.4. The number of halogens is 1. The second-order valence-corrected chi connectivity index (χ2v) is 8.08. The third kappa shape index (κ3) is 4.17. The Balaban J connectivity index is 1.86. The van der Waals surface area contributed by atoms with E-state index in [9.17, 15) is 9.59 Å². The Labute approximate surface area is 197 Å². The number of nitrogens with zero attached hydrogens (tertiary/aromatic N) is 1. The van der Waals surface area contributed by atoms with Crippen LogP contribution in [0.1, 0.15) is 16.7 Å². The molecule has 1 heterocycles. The smallest absolute Gasteiger partial charge is 0.282 e. The van der Waals surface area contributed by atoms with E-state index >= 15 is 0 Å². The maximum atomic E-state index is 13.6. The minimum absolute atomic E-state index is 0.165. The molecule has 3 aromatic rings. The van der Waals surface area contributed by atoms with Crippen molar-refractivity contribution >= 4 is 40.4 Å². The largest absolute Gasteiger partial charge is 0.497 e. The molecule has 6 nitrogen and oxygen atoms in total. The van der Waals surface area contributed by atoms with Crippen LogP contribution in [0.25, 0.3) is 5.57 Å². The average Bonchev–Trinajstić information content (AvgIpc) is 3.05. The number of benzene rings is 3. The van der Waals surface area contributed by atoms with Crippen LogP contribution >= 0.6 is 11.6 Å². The number of imide groups is 1. The van der Waals surface area contributed by atoms with E-state index in [1.165, 1.54) is 4.90 Å². The summed E-state index contributed by atoms with van der Waals surface area (Å²) in [5.41, 5.74) is 3.97. The number of ether oxygens (including phenoxy) is 2. The summed E-state index contributed by atoms with van der Waals surface area (Å²) in [6, 6.07) is 17.6. The van der Waals surface area contributed by atoms with Gasteiger partial charge in [-0.25, -0.2) is 4.90 Å². The molecule has 0 saturated heterocycles. The molecule has 1 aliphatic rings. The zero-order valence-corrected chi connectivity index (χ0v) is 19.5. The van der Waals surface area contributed by atoms with Gasteiger partial charge in [-0.05, 0) is 48.7 Å². The minimum Gasteiger partial charge on any atom is -0.497 e. The highest BCUT2D eigenvalue weighted by molar-refractivity contribution is 6.46. The van der Waals surface area contributed by atoms with Crippen LogP contribution in [0.15, 0.2) is 66.4 Å². The van der Waals surface area contributed by atoms with Crippen molar-refractivity contribution in [3.63, 3.8) is 0 Å². The minimum atomic E-state index is -0.444. The van der Waals surface area contributed by atoms with Crippen molar-refractivity contribution in [3.05, 3.63) is 88.1 Å². The predicted molar refractivity (Wildman–Crippen MR) is 130 cm³/mol. The SMILES string of the molecule is COc1cc(NC2=C(c3ccc(Cl)cc3)C(=O)N(c3cccc(C)c3C)C2=O)cc(OC)c1. The highest BCUT2D eigenvalue weighted by Crippen LogP contribution is 2.37. The van der Waals surface area contributed by atoms with Crippen LogP contribution in [0.4, 0.5) is 11.4 Å². The quantitative estimate of drug-likeness (QED) is 0.499. The van der Waals surface area contributed by atoms with Crippen molar-refractivity contribution in [1.82, 2.24) is 0 Å². The number of hydrogen-bond acceptors (Lipinski definition) is 5. The Morgan fingerprint density at radius 1 is 0.848 bits per heavy atom. The van der Waals surface area contributed by atoms with Crippen molar-refractivity contribution in [2.24, 2.45) is 0 Å². The highest BCUT2D eigenvalue weighted by Gasteiger charge is 2.41. The zero-order valence-electron chi connectivity index (χ0n) is 18.7. The number of anilines is 2. The first-order valence-electron chi connectivity index (χ1n) is 10.3. The van der Waals surface area contributed by atoms with Gasteiger partial charge in [0.25, 0.3) is 11.8 Å². The van der Waals surface area contributed by atoms with Gasteiger partial charge >= 0.3 is 0 Å². The fraction of sp³-hybridized carbons (Fsp3) is 0.154. The summed E-state index contributed by atoms with van der Waals surface area (Å²) in [6.45, 7) is 3.84. The standard InChI is InChI=1S/C26H23ClN2O4/c1-15-6-5-7-22(16(15)2)29-25(30)23(17-8-10-18(27)11-9-17)24(26(29)31)28-19-12-20(32-3)14-21(13-19)33-4/h5-14,28H,1-4H3. The lowest BCUT2D eigenvalue weighted by molar-refractivity contribution is -0.120. The summed E-state index contributed by atoms with van der Waals surface area (Å²) in [5, 5.41) is 3.68. The maximum absolute atomic E-state index is 13.6. The molecule has 3 aromatic carbocycles. The van der Waals surface area contributed by atoms with E-state index in [2.05, 4.69) is 5.32 Å². The first-order chi connectivity index (χ1) is 15.8. The van der Waals surface area contributed by atoms with Gasteiger partial charge in [-0.15, -0.1) is 0 Å². The Morgan fingerprint density at radius 2 is 1.48 bits per heavy atom. The lowest BCUT2D eigenvalue weighted by atomic mass is 10.0. The van der Waals surface area contributed by atoms with Gasteiger partial charge in [-0.1, -0.05) is 35.9 Å². The monoisotopic (exact) mass is 462 g/mol. The highest BCUT2D eigenvalue weighted by atomic mass is 35.5. The van der Waals surface area contributed by atoms with Crippen LogP contribution in [0.2, 0.25) is 5.02 Å². The van der Waals surface area contributed by atoms with Crippen molar-refractivity contribution in [2.75, 3.05) is 24.4 Å². The van der Waals surface area contributed by atoms with Gasteiger partial charge in [0.15, 0.2) is 0 Å². The van der Waals surface area contributed by atoms with E-state index in [0.29, 0.717) is 33.5 Å². The van der Waals surface area contributed by atoms with Crippen molar-refractivity contribution in [3.8, 4) is 11.5 Å². The average molecular weight is 463 g/mol. The lowest BCUT2D eigenvalue weighted by Crippen LogP contribution is -2.33. The van der Waals surface area contributed by atoms with Crippen LogP contribution in [-0.2, 0) is 9.59 Å². The van der Waals surface area contributed by atoms with Crippen LogP contribution in [0, 0.1) is 13.8 Å². The Morgan fingerprint density at radius 3 is 2.09 bits per heavy atom. The van der Waals surface area contributed by atoms with Crippen molar-refractivity contribution in [2.45, 2.75) is 13.8 Å². The lowest BCUT2D eigenvalue weighted by Gasteiger charge is -2.19. The number of methoxy groups -OCH3 is 2. The number of hydrogen-bond donors (Lipinski definition) is 1. The first-order valence-corrected chi connectivity index (χ1v) is 10.7. The van der Waals surface area contributed by atoms with Gasteiger partial charge in [0.05, 0.1) is 25.5 Å². The molecule has 168 valence electrons. The molecule has 33 heavy (non-hydrogen) atoms.